The lowest BCUT2D eigenvalue weighted by Gasteiger charge is -2.26. The Morgan fingerprint density at radius 1 is 1.11 bits per heavy atom. The molecule has 0 fully saturated rings. The molecule has 5 rings (SSSR count). The molecule has 0 amide bonds. The minimum Gasteiger partial charge on any atom is -0.484 e. The van der Waals surface area contributed by atoms with Gasteiger partial charge in [0.1, 0.15) is 31.7 Å². The molecular formula is C24H26N8O3. The molecule has 5 heterocycles. The summed E-state index contributed by atoms with van der Waals surface area (Å²) >= 11 is 0. The van der Waals surface area contributed by atoms with E-state index in [-0.39, 0.29) is 11.8 Å². The van der Waals surface area contributed by atoms with Crippen molar-refractivity contribution < 1.29 is 14.2 Å². The molecule has 0 saturated heterocycles. The van der Waals surface area contributed by atoms with E-state index < -0.39 is 0 Å². The maximum Gasteiger partial charge on any atom is 0.257 e. The number of nitrogens with one attached hydrogen (secondary N) is 2. The second kappa shape index (κ2) is 9.92. The van der Waals surface area contributed by atoms with Gasteiger partial charge in [0.15, 0.2) is 11.6 Å². The quantitative estimate of drug-likeness (QED) is 0.392. The van der Waals surface area contributed by atoms with Gasteiger partial charge in [-0.15, -0.1) is 10.2 Å². The van der Waals surface area contributed by atoms with Crippen LogP contribution in [0, 0.1) is 5.92 Å². The first-order chi connectivity index (χ1) is 17.1. The Morgan fingerprint density at radius 2 is 2.00 bits per heavy atom. The summed E-state index contributed by atoms with van der Waals surface area (Å²) < 4.78 is 16.9. The maximum atomic E-state index is 5.85. The first kappa shape index (κ1) is 22.5. The topological polar surface area (TPSA) is 133 Å². The SMILES string of the molecule is COc1ncc(-c2cc(NC[C@@H](C)C(C)c3ccnc4c3OCCO4)ncn2)cc1-c1nnc[nH]1. The zero-order valence-corrected chi connectivity index (χ0v) is 19.7. The third kappa shape index (κ3) is 4.70. The molecule has 2 N–H and O–H groups in total. The molecule has 2 atom stereocenters. The van der Waals surface area contributed by atoms with Gasteiger partial charge in [-0.25, -0.2) is 19.9 Å². The molecule has 0 saturated carbocycles. The summed E-state index contributed by atoms with van der Waals surface area (Å²) in [5, 5.41) is 11.4. The van der Waals surface area contributed by atoms with Gasteiger partial charge >= 0.3 is 0 Å². The van der Waals surface area contributed by atoms with E-state index in [1.165, 1.54) is 12.7 Å². The highest BCUT2D eigenvalue weighted by Gasteiger charge is 2.24. The number of anilines is 1. The molecule has 0 radical (unpaired) electrons. The summed E-state index contributed by atoms with van der Waals surface area (Å²) in [5.41, 5.74) is 3.33. The lowest BCUT2D eigenvalue weighted by Crippen LogP contribution is -2.21. The fraction of sp³-hybridized carbons (Fsp3) is 0.333. The molecule has 35 heavy (non-hydrogen) atoms. The molecule has 0 aliphatic carbocycles. The number of aromatic nitrogens is 7. The number of fused-ring (bicyclic) bond motifs is 1. The van der Waals surface area contributed by atoms with Crippen LogP contribution in [0.1, 0.15) is 25.3 Å². The van der Waals surface area contributed by atoms with Crippen molar-refractivity contribution in [2.75, 3.05) is 32.2 Å². The van der Waals surface area contributed by atoms with Crippen LogP contribution in [0.3, 0.4) is 0 Å². The Hall–Kier alpha value is -4.28. The largest absolute Gasteiger partial charge is 0.484 e. The molecule has 1 unspecified atom stereocenters. The van der Waals surface area contributed by atoms with E-state index in [0.717, 1.165) is 28.4 Å². The van der Waals surface area contributed by atoms with Crippen LogP contribution in [0.25, 0.3) is 22.6 Å². The van der Waals surface area contributed by atoms with Crippen molar-refractivity contribution in [1.29, 1.82) is 0 Å². The van der Waals surface area contributed by atoms with Crippen molar-refractivity contribution in [2.24, 2.45) is 5.92 Å². The normalized spacial score (nSPS) is 14.3. The van der Waals surface area contributed by atoms with Gasteiger partial charge in [0.2, 0.25) is 5.88 Å². The van der Waals surface area contributed by atoms with Gasteiger partial charge in [0.05, 0.1) is 18.4 Å². The third-order valence-electron chi connectivity index (χ3n) is 6.10. The predicted octanol–water partition coefficient (Wildman–Crippen LogP) is 3.35. The molecule has 1 aliphatic heterocycles. The van der Waals surface area contributed by atoms with Crippen molar-refractivity contribution in [1.82, 2.24) is 35.1 Å². The lowest BCUT2D eigenvalue weighted by molar-refractivity contribution is 0.161. The Morgan fingerprint density at radius 3 is 2.83 bits per heavy atom. The monoisotopic (exact) mass is 474 g/mol. The third-order valence-corrected chi connectivity index (χ3v) is 6.10. The first-order valence-electron chi connectivity index (χ1n) is 11.3. The molecule has 1 aliphatic rings. The number of ether oxygens (including phenoxy) is 3. The highest BCUT2D eigenvalue weighted by Crippen LogP contribution is 2.38. The van der Waals surface area contributed by atoms with Crippen molar-refractivity contribution in [3.8, 4) is 40.2 Å². The van der Waals surface area contributed by atoms with Gasteiger partial charge in [0, 0.05) is 36.1 Å². The molecule has 11 heteroatoms. The Bertz CT molecular complexity index is 1300. The summed E-state index contributed by atoms with van der Waals surface area (Å²) in [4.78, 5) is 20.5. The average molecular weight is 475 g/mol. The van der Waals surface area contributed by atoms with E-state index in [1.807, 2.05) is 18.2 Å². The van der Waals surface area contributed by atoms with Gasteiger partial charge in [-0.2, -0.15) is 0 Å². The van der Waals surface area contributed by atoms with Gasteiger partial charge < -0.3 is 24.5 Å². The lowest BCUT2D eigenvalue weighted by atomic mass is 9.88. The Labute approximate surface area is 202 Å². The number of hydrogen-bond acceptors (Lipinski definition) is 10. The zero-order chi connectivity index (χ0) is 24.2. The molecule has 4 aromatic heterocycles. The van der Waals surface area contributed by atoms with E-state index in [9.17, 15) is 0 Å². The molecule has 0 aromatic carbocycles. The fourth-order valence-electron chi connectivity index (χ4n) is 3.95. The average Bonchev–Trinajstić information content (AvgIpc) is 3.46. The second-order valence-corrected chi connectivity index (χ2v) is 8.29. The zero-order valence-electron chi connectivity index (χ0n) is 19.7. The minimum absolute atomic E-state index is 0.220. The Kier molecular flexibility index (Phi) is 6.38. The van der Waals surface area contributed by atoms with Crippen LogP contribution < -0.4 is 19.5 Å². The maximum absolute atomic E-state index is 5.85. The van der Waals surface area contributed by atoms with Gasteiger partial charge in [-0.1, -0.05) is 13.8 Å². The van der Waals surface area contributed by atoms with Gasteiger partial charge in [0.25, 0.3) is 5.88 Å². The van der Waals surface area contributed by atoms with Crippen LogP contribution in [0.15, 0.2) is 43.2 Å². The van der Waals surface area contributed by atoms with E-state index >= 15 is 0 Å². The van der Waals surface area contributed by atoms with Crippen LogP contribution in [0.5, 0.6) is 17.5 Å². The number of aromatic amines is 1. The second-order valence-electron chi connectivity index (χ2n) is 8.29. The van der Waals surface area contributed by atoms with E-state index in [1.54, 1.807) is 19.5 Å². The number of hydrogen-bond donors (Lipinski definition) is 2. The van der Waals surface area contributed by atoms with E-state index in [0.29, 0.717) is 42.9 Å². The first-order valence-corrected chi connectivity index (χ1v) is 11.3. The summed E-state index contributed by atoms with van der Waals surface area (Å²) in [7, 11) is 1.57. The summed E-state index contributed by atoms with van der Waals surface area (Å²) in [6, 6.07) is 5.81. The van der Waals surface area contributed by atoms with Crippen LogP contribution in [-0.2, 0) is 0 Å². The summed E-state index contributed by atoms with van der Waals surface area (Å²) in [6.45, 7) is 6.13. The highest BCUT2D eigenvalue weighted by atomic mass is 16.6. The van der Waals surface area contributed by atoms with Crippen LogP contribution >= 0.6 is 0 Å². The van der Waals surface area contributed by atoms with Crippen molar-refractivity contribution >= 4 is 5.82 Å². The summed E-state index contributed by atoms with van der Waals surface area (Å²) in [5.74, 6) is 3.56. The molecule has 0 bridgehead atoms. The molecule has 180 valence electrons. The van der Waals surface area contributed by atoms with E-state index in [2.05, 4.69) is 54.3 Å². The fourth-order valence-corrected chi connectivity index (χ4v) is 3.95. The molecule has 0 spiro atoms. The van der Waals surface area contributed by atoms with Crippen LogP contribution in [-0.4, -0.2) is 62.0 Å². The van der Waals surface area contributed by atoms with Crippen molar-refractivity contribution in [3.05, 3.63) is 48.8 Å². The number of H-pyrrole nitrogens is 1. The van der Waals surface area contributed by atoms with E-state index in [4.69, 9.17) is 14.2 Å². The number of pyridine rings is 2. The number of methoxy groups -OCH3 is 1. The predicted molar refractivity (Wildman–Crippen MR) is 128 cm³/mol. The smallest absolute Gasteiger partial charge is 0.257 e. The van der Waals surface area contributed by atoms with Crippen molar-refractivity contribution in [3.63, 3.8) is 0 Å². The highest BCUT2D eigenvalue weighted by molar-refractivity contribution is 5.71. The molecular weight excluding hydrogens is 448 g/mol. The Balaban J connectivity index is 1.31. The van der Waals surface area contributed by atoms with Gasteiger partial charge in [-0.05, 0) is 24.0 Å². The standard InChI is InChI=1S/C24H26N8O3/c1-14(15(2)17-4-5-25-24-21(17)34-6-7-35-24)10-26-20-9-19(28-12-29-20)16-8-18(22-30-13-31-32-22)23(33-3)27-11-16/h4-5,8-9,11-15H,6-7,10H2,1-3H3,(H,26,28,29)(H,30,31,32)/t14-,15?/m1/s1. The van der Waals surface area contributed by atoms with Crippen molar-refractivity contribution in [2.45, 2.75) is 19.8 Å². The van der Waals surface area contributed by atoms with Crippen LogP contribution in [0.2, 0.25) is 0 Å². The van der Waals surface area contributed by atoms with Gasteiger partial charge in [-0.3, -0.25) is 0 Å². The molecule has 4 aromatic rings. The number of rotatable bonds is 8. The van der Waals surface area contributed by atoms with Crippen LogP contribution in [0.4, 0.5) is 5.82 Å². The number of nitrogens with zero attached hydrogens (tertiary/aromatic N) is 6. The minimum atomic E-state index is 0.220. The molecule has 11 nitrogen and oxygen atoms in total. The summed E-state index contributed by atoms with van der Waals surface area (Å²) in [6.07, 6.45) is 6.53.